The molecule has 0 aliphatic carbocycles. The van der Waals surface area contributed by atoms with Crippen LogP contribution in [0.1, 0.15) is 27.2 Å². The Kier molecular flexibility index (Phi) is 4.56. The predicted molar refractivity (Wildman–Crippen MR) is 50.4 cm³/mol. The van der Waals surface area contributed by atoms with Gasteiger partial charge in [0.25, 0.3) is 0 Å². The summed E-state index contributed by atoms with van der Waals surface area (Å²) in [7, 11) is 0. The molecule has 1 atom stereocenters. The van der Waals surface area contributed by atoms with Gasteiger partial charge in [0.2, 0.25) is 0 Å². The fourth-order valence-electron chi connectivity index (χ4n) is 0.667. The van der Waals surface area contributed by atoms with Crippen LogP contribution in [0.25, 0.3) is 0 Å². The first-order valence-electron chi connectivity index (χ1n) is 4.27. The van der Waals surface area contributed by atoms with Crippen molar-refractivity contribution in [3.05, 3.63) is 6.42 Å². The summed E-state index contributed by atoms with van der Waals surface area (Å²) >= 11 is 0. The molecule has 1 unspecified atom stereocenters. The maximum absolute atomic E-state index is 11.1. The van der Waals surface area contributed by atoms with Crippen molar-refractivity contribution in [2.24, 2.45) is 5.73 Å². The van der Waals surface area contributed by atoms with Gasteiger partial charge in [0.1, 0.15) is 11.6 Å². The number of carbonyl (C=O) groups excluding carboxylic acids is 1. The fourth-order valence-corrected chi connectivity index (χ4v) is 0.667. The van der Waals surface area contributed by atoms with E-state index in [1.54, 1.807) is 20.8 Å². The molecule has 0 saturated carbocycles. The van der Waals surface area contributed by atoms with Crippen LogP contribution in [-0.4, -0.2) is 28.7 Å². The van der Waals surface area contributed by atoms with E-state index >= 15 is 0 Å². The Hall–Kier alpha value is -1.10. The molecule has 0 fully saturated rings. The van der Waals surface area contributed by atoms with Crippen molar-refractivity contribution >= 4 is 11.9 Å². The number of carboxylic acids is 1. The molecule has 0 aliphatic heterocycles. The van der Waals surface area contributed by atoms with Gasteiger partial charge in [0, 0.05) is 0 Å². The van der Waals surface area contributed by atoms with Gasteiger partial charge >= 0.3 is 11.9 Å². The fraction of sp³-hybridized carbons (Fsp3) is 0.667. The van der Waals surface area contributed by atoms with Gasteiger partial charge in [0.15, 0.2) is 0 Å². The molecule has 0 rings (SSSR count). The second-order valence-corrected chi connectivity index (χ2v) is 3.92. The Morgan fingerprint density at radius 1 is 1.50 bits per heavy atom. The Morgan fingerprint density at radius 2 is 2.00 bits per heavy atom. The average molecular weight is 202 g/mol. The summed E-state index contributed by atoms with van der Waals surface area (Å²) in [5, 5.41) is 8.43. The van der Waals surface area contributed by atoms with Crippen LogP contribution in [0.2, 0.25) is 0 Å². The number of nitrogens with two attached hydrogens (primary N) is 1. The molecule has 0 aromatic rings. The summed E-state index contributed by atoms with van der Waals surface area (Å²) in [5.41, 5.74) is 4.62. The van der Waals surface area contributed by atoms with Gasteiger partial charge in [-0.2, -0.15) is 0 Å². The maximum atomic E-state index is 11.1. The van der Waals surface area contributed by atoms with Crippen LogP contribution < -0.4 is 5.73 Å². The van der Waals surface area contributed by atoms with E-state index in [0.717, 1.165) is 6.42 Å². The van der Waals surface area contributed by atoms with Crippen molar-refractivity contribution < 1.29 is 19.4 Å². The van der Waals surface area contributed by atoms with Gasteiger partial charge < -0.3 is 15.6 Å². The molecule has 5 nitrogen and oxygen atoms in total. The Bertz CT molecular complexity index is 219. The van der Waals surface area contributed by atoms with Gasteiger partial charge in [0.05, 0.1) is 6.42 Å². The molecule has 0 aliphatic rings. The quantitative estimate of drug-likeness (QED) is 0.641. The first-order valence-corrected chi connectivity index (χ1v) is 4.27. The molecule has 14 heavy (non-hydrogen) atoms. The third kappa shape index (κ3) is 6.42. The van der Waals surface area contributed by atoms with Crippen LogP contribution in [-0.2, 0) is 14.3 Å². The lowest BCUT2D eigenvalue weighted by molar-refractivity contribution is -0.150. The second kappa shape index (κ2) is 4.95. The van der Waals surface area contributed by atoms with Crippen molar-refractivity contribution in [1.82, 2.24) is 0 Å². The van der Waals surface area contributed by atoms with E-state index in [2.05, 4.69) is 0 Å². The normalized spacial score (nSPS) is 13.4. The zero-order chi connectivity index (χ0) is 11.4. The van der Waals surface area contributed by atoms with Crippen LogP contribution in [0, 0.1) is 6.42 Å². The third-order valence-corrected chi connectivity index (χ3v) is 1.26. The standard InChI is InChI=1S/C9H16NO4/c1-9(2,3)14-7(11)5-4-6(10)8(12)13/h5-6H,4,10H2,1-3H3,(H,12,13). The minimum Gasteiger partial charge on any atom is -0.480 e. The smallest absolute Gasteiger partial charge is 0.320 e. The van der Waals surface area contributed by atoms with E-state index in [1.165, 1.54) is 0 Å². The number of hydrogen-bond acceptors (Lipinski definition) is 4. The largest absolute Gasteiger partial charge is 0.480 e. The van der Waals surface area contributed by atoms with Crippen LogP contribution in [0.3, 0.4) is 0 Å². The summed E-state index contributed by atoms with van der Waals surface area (Å²) in [5.74, 6) is -1.68. The molecule has 3 N–H and O–H groups in total. The van der Waals surface area contributed by atoms with Crippen LogP contribution in [0.4, 0.5) is 0 Å². The first-order chi connectivity index (χ1) is 6.22. The SMILES string of the molecule is CC(C)(C)OC(=O)[CH]CC(N)C(=O)O. The summed E-state index contributed by atoms with van der Waals surface area (Å²) in [6, 6.07) is -1.05. The van der Waals surface area contributed by atoms with Crippen molar-refractivity contribution in [2.75, 3.05) is 0 Å². The first kappa shape index (κ1) is 12.9. The monoisotopic (exact) mass is 202 g/mol. The lowest BCUT2D eigenvalue weighted by atomic mass is 10.1. The number of carboxylic acid groups (broad SMARTS) is 1. The number of esters is 1. The van der Waals surface area contributed by atoms with Crippen LogP contribution in [0.5, 0.6) is 0 Å². The molecule has 81 valence electrons. The molecule has 0 spiro atoms. The van der Waals surface area contributed by atoms with E-state index in [1.807, 2.05) is 0 Å². The molecule has 1 radical (unpaired) electrons. The van der Waals surface area contributed by atoms with E-state index in [9.17, 15) is 9.59 Å². The molecule has 0 aromatic heterocycles. The number of hydrogen-bond donors (Lipinski definition) is 2. The highest BCUT2D eigenvalue weighted by molar-refractivity contribution is 5.81. The number of aliphatic carboxylic acids is 1. The zero-order valence-electron chi connectivity index (χ0n) is 8.61. The van der Waals surface area contributed by atoms with E-state index < -0.39 is 23.6 Å². The summed E-state index contributed by atoms with van der Waals surface area (Å²) < 4.78 is 4.92. The summed E-state index contributed by atoms with van der Waals surface area (Å²) in [6.45, 7) is 5.20. The Labute approximate surface area is 83.2 Å². The number of rotatable bonds is 4. The highest BCUT2D eigenvalue weighted by Crippen LogP contribution is 2.09. The number of carbonyl (C=O) groups is 2. The van der Waals surface area contributed by atoms with Crippen molar-refractivity contribution in [3.8, 4) is 0 Å². The Balaban J connectivity index is 3.81. The molecular weight excluding hydrogens is 186 g/mol. The number of ether oxygens (including phenoxy) is 1. The molecule has 0 amide bonds. The third-order valence-electron chi connectivity index (χ3n) is 1.26. The lowest BCUT2D eigenvalue weighted by Crippen LogP contribution is -2.32. The van der Waals surface area contributed by atoms with E-state index in [-0.39, 0.29) is 6.42 Å². The molecular formula is C9H16NO4. The minimum atomic E-state index is -1.13. The minimum absolute atomic E-state index is 0.0236. The molecule has 0 bridgehead atoms. The van der Waals surface area contributed by atoms with Gasteiger partial charge in [-0.25, -0.2) is 0 Å². The van der Waals surface area contributed by atoms with Crippen LogP contribution >= 0.6 is 0 Å². The maximum Gasteiger partial charge on any atom is 0.320 e. The highest BCUT2D eigenvalue weighted by atomic mass is 16.6. The van der Waals surface area contributed by atoms with Crippen molar-refractivity contribution in [1.29, 1.82) is 0 Å². The van der Waals surface area contributed by atoms with Gasteiger partial charge in [-0.3, -0.25) is 9.59 Å². The second-order valence-electron chi connectivity index (χ2n) is 3.92. The molecule has 0 heterocycles. The molecule has 5 heteroatoms. The summed E-state index contributed by atoms with van der Waals surface area (Å²) in [6.07, 6.45) is 1.12. The zero-order valence-corrected chi connectivity index (χ0v) is 8.61. The topological polar surface area (TPSA) is 89.6 Å². The van der Waals surface area contributed by atoms with E-state index in [0.29, 0.717) is 0 Å². The van der Waals surface area contributed by atoms with Gasteiger partial charge in [-0.15, -0.1) is 0 Å². The van der Waals surface area contributed by atoms with Crippen LogP contribution in [0.15, 0.2) is 0 Å². The summed E-state index contributed by atoms with van der Waals surface area (Å²) in [4.78, 5) is 21.4. The van der Waals surface area contributed by atoms with Gasteiger partial charge in [-0.05, 0) is 27.2 Å². The highest BCUT2D eigenvalue weighted by Gasteiger charge is 2.19. The van der Waals surface area contributed by atoms with Crippen molar-refractivity contribution in [3.63, 3.8) is 0 Å². The van der Waals surface area contributed by atoms with Gasteiger partial charge in [-0.1, -0.05) is 0 Å². The molecule has 0 saturated heterocycles. The lowest BCUT2D eigenvalue weighted by Gasteiger charge is -2.19. The molecule has 0 aromatic carbocycles. The van der Waals surface area contributed by atoms with E-state index in [4.69, 9.17) is 15.6 Å². The van der Waals surface area contributed by atoms with Crippen molar-refractivity contribution in [2.45, 2.75) is 38.8 Å². The predicted octanol–water partition coefficient (Wildman–Crippen LogP) is 0.334. The average Bonchev–Trinajstić information content (AvgIpc) is 1.96. The Morgan fingerprint density at radius 3 is 2.36 bits per heavy atom.